The molecule has 1 spiro atoms. The molecule has 3 heteroatoms. The molecular weight excluding hydrogens is 220 g/mol. The Bertz CT molecular complexity index is 463. The quantitative estimate of drug-likeness (QED) is 0.744. The van der Waals surface area contributed by atoms with Gasteiger partial charge in [0.05, 0.1) is 22.3 Å². The van der Waals surface area contributed by atoms with Crippen LogP contribution >= 0.6 is 11.6 Å². The molecule has 1 aliphatic carbocycles. The van der Waals surface area contributed by atoms with Crippen molar-refractivity contribution in [2.45, 2.75) is 19.3 Å². The molecule has 0 radical (unpaired) electrons. The smallest absolute Gasteiger partial charge is 0.0992 e. The van der Waals surface area contributed by atoms with E-state index >= 15 is 0 Å². The number of halogens is 1. The van der Waals surface area contributed by atoms with E-state index in [1.807, 2.05) is 12.1 Å². The monoisotopic (exact) mass is 232 g/mol. The van der Waals surface area contributed by atoms with Gasteiger partial charge in [0.2, 0.25) is 0 Å². The minimum atomic E-state index is 0.589. The van der Waals surface area contributed by atoms with Crippen molar-refractivity contribution in [1.29, 1.82) is 5.26 Å². The van der Waals surface area contributed by atoms with E-state index in [9.17, 15) is 0 Å². The highest BCUT2D eigenvalue weighted by Gasteiger charge is 2.47. The molecule has 1 aromatic rings. The van der Waals surface area contributed by atoms with Crippen molar-refractivity contribution in [1.82, 2.24) is 0 Å². The highest BCUT2D eigenvalue weighted by molar-refractivity contribution is 6.33. The second-order valence-electron chi connectivity index (χ2n) is 4.99. The second kappa shape index (κ2) is 3.40. The molecule has 2 nitrogen and oxygen atoms in total. The maximum atomic E-state index is 8.87. The normalized spacial score (nSPS) is 21.1. The summed E-state index contributed by atoms with van der Waals surface area (Å²) >= 11 is 6.16. The average molecular weight is 233 g/mol. The third kappa shape index (κ3) is 1.39. The highest BCUT2D eigenvalue weighted by Crippen LogP contribution is 2.50. The molecule has 1 heterocycles. The highest BCUT2D eigenvalue weighted by atomic mass is 35.5. The first-order valence-corrected chi connectivity index (χ1v) is 6.05. The zero-order chi connectivity index (χ0) is 11.2. The van der Waals surface area contributed by atoms with Gasteiger partial charge >= 0.3 is 0 Å². The summed E-state index contributed by atoms with van der Waals surface area (Å²) in [5.41, 5.74) is 2.30. The van der Waals surface area contributed by atoms with Gasteiger partial charge in [-0.2, -0.15) is 5.26 Å². The van der Waals surface area contributed by atoms with E-state index in [4.69, 9.17) is 16.9 Å². The fourth-order valence-electron chi connectivity index (χ4n) is 2.75. The lowest BCUT2D eigenvalue weighted by Gasteiger charge is -2.57. The summed E-state index contributed by atoms with van der Waals surface area (Å²) in [5.74, 6) is 0. The van der Waals surface area contributed by atoms with Gasteiger partial charge in [0.1, 0.15) is 0 Å². The lowest BCUT2D eigenvalue weighted by atomic mass is 9.63. The van der Waals surface area contributed by atoms with E-state index in [2.05, 4.69) is 11.0 Å². The van der Waals surface area contributed by atoms with E-state index in [1.54, 1.807) is 6.07 Å². The summed E-state index contributed by atoms with van der Waals surface area (Å²) in [6, 6.07) is 7.65. The van der Waals surface area contributed by atoms with Crippen LogP contribution in [0.15, 0.2) is 18.2 Å². The van der Waals surface area contributed by atoms with Crippen LogP contribution < -0.4 is 4.90 Å². The van der Waals surface area contributed by atoms with Gasteiger partial charge in [-0.1, -0.05) is 18.0 Å². The van der Waals surface area contributed by atoms with Crippen molar-refractivity contribution < 1.29 is 0 Å². The lowest BCUT2D eigenvalue weighted by Crippen LogP contribution is -2.59. The second-order valence-corrected chi connectivity index (χ2v) is 5.39. The van der Waals surface area contributed by atoms with E-state index in [1.165, 1.54) is 19.3 Å². The summed E-state index contributed by atoms with van der Waals surface area (Å²) in [7, 11) is 0. The first-order chi connectivity index (χ1) is 7.72. The minimum absolute atomic E-state index is 0.589. The number of hydrogen-bond donors (Lipinski definition) is 0. The SMILES string of the molecule is N#Cc1ccc(Cl)c(N2CC3(CCC3)C2)c1. The third-order valence-corrected chi connectivity index (χ3v) is 4.20. The average Bonchev–Trinajstić information content (AvgIpc) is 2.16. The van der Waals surface area contributed by atoms with Crippen molar-refractivity contribution in [3.8, 4) is 6.07 Å². The molecular formula is C13H13ClN2. The Kier molecular flexibility index (Phi) is 2.12. The molecule has 1 saturated heterocycles. The topological polar surface area (TPSA) is 27.0 Å². The fourth-order valence-corrected chi connectivity index (χ4v) is 2.99. The maximum absolute atomic E-state index is 8.87. The van der Waals surface area contributed by atoms with Gasteiger partial charge in [-0.15, -0.1) is 0 Å². The van der Waals surface area contributed by atoms with Gasteiger partial charge in [-0.05, 0) is 31.0 Å². The van der Waals surface area contributed by atoms with Crippen LogP contribution in [0.5, 0.6) is 0 Å². The number of nitrogens with zero attached hydrogens (tertiary/aromatic N) is 2. The Morgan fingerprint density at radius 1 is 1.31 bits per heavy atom. The molecule has 0 unspecified atom stereocenters. The first kappa shape index (κ1) is 9.99. The molecule has 2 fully saturated rings. The molecule has 3 rings (SSSR count). The Morgan fingerprint density at radius 3 is 2.62 bits per heavy atom. The number of anilines is 1. The van der Waals surface area contributed by atoms with Gasteiger partial charge in [0, 0.05) is 18.5 Å². The van der Waals surface area contributed by atoms with Crippen molar-refractivity contribution in [3.63, 3.8) is 0 Å². The van der Waals surface area contributed by atoms with Gasteiger partial charge in [0.25, 0.3) is 0 Å². The predicted molar refractivity (Wildman–Crippen MR) is 64.7 cm³/mol. The number of benzene rings is 1. The molecule has 0 N–H and O–H groups in total. The molecule has 16 heavy (non-hydrogen) atoms. The number of nitriles is 1. The Morgan fingerprint density at radius 2 is 2.06 bits per heavy atom. The van der Waals surface area contributed by atoms with Crippen molar-refractivity contribution in [2.75, 3.05) is 18.0 Å². The molecule has 0 atom stereocenters. The third-order valence-electron chi connectivity index (χ3n) is 3.88. The molecule has 0 amide bonds. The van der Waals surface area contributed by atoms with Crippen LogP contribution in [0.1, 0.15) is 24.8 Å². The van der Waals surface area contributed by atoms with Gasteiger partial charge in [0.15, 0.2) is 0 Å². The van der Waals surface area contributed by atoms with Crippen LogP contribution in [-0.2, 0) is 0 Å². The summed E-state index contributed by atoms with van der Waals surface area (Å²) in [6.45, 7) is 2.23. The summed E-state index contributed by atoms with van der Waals surface area (Å²) in [6.07, 6.45) is 4.10. The Hall–Kier alpha value is -1.20. The van der Waals surface area contributed by atoms with Crippen molar-refractivity contribution >= 4 is 17.3 Å². The summed E-state index contributed by atoms with van der Waals surface area (Å²) in [5, 5.41) is 9.63. The fraction of sp³-hybridized carbons (Fsp3) is 0.462. The molecule has 0 bridgehead atoms. The zero-order valence-corrected chi connectivity index (χ0v) is 9.80. The molecule has 0 aromatic heterocycles. The Balaban J connectivity index is 1.82. The van der Waals surface area contributed by atoms with Crippen LogP contribution in [0, 0.1) is 16.7 Å². The zero-order valence-electron chi connectivity index (χ0n) is 9.04. The lowest BCUT2D eigenvalue weighted by molar-refractivity contribution is 0.0904. The van der Waals surface area contributed by atoms with Gasteiger partial charge in [-0.25, -0.2) is 0 Å². The largest absolute Gasteiger partial charge is 0.369 e. The van der Waals surface area contributed by atoms with E-state index < -0.39 is 0 Å². The van der Waals surface area contributed by atoms with Crippen LogP contribution in [0.25, 0.3) is 0 Å². The Labute approximate surface area is 100 Å². The predicted octanol–water partition coefficient (Wildman–Crippen LogP) is 3.20. The van der Waals surface area contributed by atoms with Crippen molar-refractivity contribution in [3.05, 3.63) is 28.8 Å². The van der Waals surface area contributed by atoms with E-state index in [-0.39, 0.29) is 0 Å². The molecule has 1 aliphatic heterocycles. The number of hydrogen-bond acceptors (Lipinski definition) is 2. The molecule has 1 aromatic carbocycles. The van der Waals surface area contributed by atoms with E-state index in [0.29, 0.717) is 11.0 Å². The number of rotatable bonds is 1. The van der Waals surface area contributed by atoms with Gasteiger partial charge < -0.3 is 4.90 Å². The van der Waals surface area contributed by atoms with Crippen LogP contribution in [0.3, 0.4) is 0 Å². The van der Waals surface area contributed by atoms with Crippen LogP contribution in [0.4, 0.5) is 5.69 Å². The molecule has 82 valence electrons. The molecule has 2 aliphatic rings. The summed E-state index contributed by atoms with van der Waals surface area (Å²) in [4.78, 5) is 2.29. The molecule has 1 saturated carbocycles. The minimum Gasteiger partial charge on any atom is -0.369 e. The van der Waals surface area contributed by atoms with Crippen molar-refractivity contribution in [2.24, 2.45) is 5.41 Å². The summed E-state index contributed by atoms with van der Waals surface area (Å²) < 4.78 is 0. The van der Waals surface area contributed by atoms with Crippen LogP contribution in [0.2, 0.25) is 5.02 Å². The first-order valence-electron chi connectivity index (χ1n) is 5.67. The van der Waals surface area contributed by atoms with Gasteiger partial charge in [-0.3, -0.25) is 0 Å². The van der Waals surface area contributed by atoms with Crippen LogP contribution in [-0.4, -0.2) is 13.1 Å². The standard InChI is InChI=1S/C13H13ClN2/c14-11-3-2-10(7-15)6-12(11)16-8-13(9-16)4-1-5-13/h2-3,6H,1,4-5,8-9H2. The van der Waals surface area contributed by atoms with E-state index in [0.717, 1.165) is 23.8 Å². The maximum Gasteiger partial charge on any atom is 0.0992 e.